The van der Waals surface area contributed by atoms with Crippen LogP contribution in [0.15, 0.2) is 24.3 Å². The second-order valence-corrected chi connectivity index (χ2v) is 5.95. The van der Waals surface area contributed by atoms with Gasteiger partial charge in [0.15, 0.2) is 6.61 Å². The van der Waals surface area contributed by atoms with Crippen LogP contribution in [0.5, 0.6) is 5.75 Å². The van der Waals surface area contributed by atoms with Gasteiger partial charge < -0.3 is 4.74 Å². The van der Waals surface area contributed by atoms with E-state index in [9.17, 15) is 4.79 Å². The van der Waals surface area contributed by atoms with E-state index in [1.807, 2.05) is 31.2 Å². The number of nitrogens with one attached hydrogen (secondary N) is 1. The van der Waals surface area contributed by atoms with E-state index in [1.54, 1.807) is 0 Å². The number of aromatic nitrogens is 2. The summed E-state index contributed by atoms with van der Waals surface area (Å²) in [4.78, 5) is 11.9. The number of hydrogen-bond acceptors (Lipinski definition) is 5. The molecule has 0 radical (unpaired) electrons. The number of para-hydroxylation sites is 1. The molecule has 21 heavy (non-hydrogen) atoms. The van der Waals surface area contributed by atoms with Crippen molar-refractivity contribution in [2.45, 2.75) is 33.1 Å². The molecule has 2 rings (SSSR count). The lowest BCUT2D eigenvalue weighted by atomic mass is 10.0. The summed E-state index contributed by atoms with van der Waals surface area (Å²) in [5.41, 5.74) is 1.09. The standard InChI is InChI=1S/C15H19N3O2S/c1-4-14-17-18-15(21-14)16-13(19)9-20-12-8-6-5-7-11(12)10(2)3/h5-8,10H,4,9H2,1-3H3,(H,16,18,19). The summed E-state index contributed by atoms with van der Waals surface area (Å²) >= 11 is 1.38. The van der Waals surface area contributed by atoms with E-state index in [4.69, 9.17) is 4.74 Å². The number of nitrogens with zero attached hydrogens (tertiary/aromatic N) is 2. The maximum absolute atomic E-state index is 11.9. The van der Waals surface area contributed by atoms with Crippen LogP contribution < -0.4 is 10.1 Å². The van der Waals surface area contributed by atoms with Crippen molar-refractivity contribution < 1.29 is 9.53 Å². The molecule has 1 aromatic heterocycles. The van der Waals surface area contributed by atoms with Crippen molar-refractivity contribution in [1.29, 1.82) is 0 Å². The van der Waals surface area contributed by atoms with Gasteiger partial charge in [-0.2, -0.15) is 0 Å². The largest absolute Gasteiger partial charge is 0.483 e. The van der Waals surface area contributed by atoms with Gasteiger partial charge in [0.2, 0.25) is 5.13 Å². The highest BCUT2D eigenvalue weighted by Gasteiger charge is 2.11. The molecule has 0 aliphatic heterocycles. The molecule has 1 N–H and O–H groups in total. The Hall–Kier alpha value is -1.95. The molecular weight excluding hydrogens is 286 g/mol. The zero-order chi connectivity index (χ0) is 15.2. The Balaban J connectivity index is 1.92. The van der Waals surface area contributed by atoms with Crippen molar-refractivity contribution in [2.75, 3.05) is 11.9 Å². The second kappa shape index (κ2) is 7.17. The number of aryl methyl sites for hydroxylation is 1. The third-order valence-corrected chi connectivity index (χ3v) is 3.90. The molecule has 0 unspecified atom stereocenters. The topological polar surface area (TPSA) is 64.1 Å². The zero-order valence-electron chi connectivity index (χ0n) is 12.4. The van der Waals surface area contributed by atoms with Crippen molar-refractivity contribution in [3.63, 3.8) is 0 Å². The SMILES string of the molecule is CCc1nnc(NC(=O)COc2ccccc2C(C)C)s1. The summed E-state index contributed by atoms with van der Waals surface area (Å²) in [6.07, 6.45) is 0.811. The van der Waals surface area contributed by atoms with Gasteiger partial charge in [-0.25, -0.2) is 0 Å². The minimum atomic E-state index is -0.229. The van der Waals surface area contributed by atoms with Crippen molar-refractivity contribution >= 4 is 22.4 Å². The van der Waals surface area contributed by atoms with Crippen LogP contribution in [0.3, 0.4) is 0 Å². The van der Waals surface area contributed by atoms with Crippen LogP contribution in [0, 0.1) is 0 Å². The van der Waals surface area contributed by atoms with E-state index in [0.717, 1.165) is 22.7 Å². The van der Waals surface area contributed by atoms with Crippen LogP contribution in [0.2, 0.25) is 0 Å². The van der Waals surface area contributed by atoms with Gasteiger partial charge in [0.05, 0.1) is 0 Å². The van der Waals surface area contributed by atoms with Gasteiger partial charge in [-0.1, -0.05) is 50.3 Å². The van der Waals surface area contributed by atoms with E-state index in [0.29, 0.717) is 11.0 Å². The lowest BCUT2D eigenvalue weighted by Gasteiger charge is -2.13. The van der Waals surface area contributed by atoms with Crippen LogP contribution in [0.4, 0.5) is 5.13 Å². The number of ether oxygens (including phenoxy) is 1. The first-order valence-corrected chi connectivity index (χ1v) is 7.75. The van der Waals surface area contributed by atoms with E-state index >= 15 is 0 Å². The normalized spacial score (nSPS) is 10.7. The Bertz CT molecular complexity index is 610. The van der Waals surface area contributed by atoms with Crippen molar-refractivity contribution in [3.8, 4) is 5.75 Å². The number of amides is 1. The van der Waals surface area contributed by atoms with Gasteiger partial charge in [0.25, 0.3) is 5.91 Å². The van der Waals surface area contributed by atoms with Crippen LogP contribution in [-0.4, -0.2) is 22.7 Å². The molecular formula is C15H19N3O2S. The lowest BCUT2D eigenvalue weighted by molar-refractivity contribution is -0.118. The summed E-state index contributed by atoms with van der Waals surface area (Å²) in [6, 6.07) is 7.76. The minimum absolute atomic E-state index is 0.0369. The fourth-order valence-corrected chi connectivity index (χ4v) is 2.53. The molecule has 0 atom stereocenters. The first-order chi connectivity index (χ1) is 10.1. The Morgan fingerprint density at radius 3 is 2.76 bits per heavy atom. The molecule has 112 valence electrons. The predicted octanol–water partition coefficient (Wildman–Crippen LogP) is 3.24. The number of rotatable bonds is 6. The maximum atomic E-state index is 11.9. The van der Waals surface area contributed by atoms with Crippen molar-refractivity contribution in [1.82, 2.24) is 10.2 Å². The van der Waals surface area contributed by atoms with E-state index in [-0.39, 0.29) is 12.5 Å². The molecule has 1 amide bonds. The quantitative estimate of drug-likeness (QED) is 0.890. The molecule has 0 spiro atoms. The molecule has 0 aliphatic carbocycles. The number of carbonyl (C=O) groups excluding carboxylic acids is 1. The zero-order valence-corrected chi connectivity index (χ0v) is 13.2. The molecule has 0 aliphatic rings. The van der Waals surface area contributed by atoms with Gasteiger partial charge in [-0.05, 0) is 24.0 Å². The third-order valence-electron chi connectivity index (χ3n) is 2.92. The van der Waals surface area contributed by atoms with Gasteiger partial charge in [0, 0.05) is 0 Å². The van der Waals surface area contributed by atoms with Gasteiger partial charge >= 0.3 is 0 Å². The highest BCUT2D eigenvalue weighted by Crippen LogP contribution is 2.25. The van der Waals surface area contributed by atoms with Crippen LogP contribution in [0.25, 0.3) is 0 Å². The Morgan fingerprint density at radius 1 is 1.33 bits per heavy atom. The van der Waals surface area contributed by atoms with E-state index < -0.39 is 0 Å². The van der Waals surface area contributed by atoms with Crippen LogP contribution >= 0.6 is 11.3 Å². The van der Waals surface area contributed by atoms with E-state index in [2.05, 4.69) is 29.4 Å². The van der Waals surface area contributed by atoms with Gasteiger partial charge in [-0.15, -0.1) is 10.2 Å². The summed E-state index contributed by atoms with van der Waals surface area (Å²) < 4.78 is 5.61. The lowest BCUT2D eigenvalue weighted by Crippen LogP contribution is -2.20. The number of carbonyl (C=O) groups is 1. The third kappa shape index (κ3) is 4.26. The fourth-order valence-electron chi connectivity index (χ4n) is 1.83. The molecule has 2 aromatic rings. The molecule has 0 saturated carbocycles. The smallest absolute Gasteiger partial charge is 0.264 e. The van der Waals surface area contributed by atoms with Gasteiger partial charge in [0.1, 0.15) is 10.8 Å². The first kappa shape index (κ1) is 15.4. The van der Waals surface area contributed by atoms with Crippen molar-refractivity contribution in [2.24, 2.45) is 0 Å². The first-order valence-electron chi connectivity index (χ1n) is 6.94. The monoisotopic (exact) mass is 305 g/mol. The molecule has 0 saturated heterocycles. The Morgan fingerprint density at radius 2 is 2.10 bits per heavy atom. The average Bonchev–Trinajstić information content (AvgIpc) is 2.93. The molecule has 6 heteroatoms. The van der Waals surface area contributed by atoms with Crippen LogP contribution in [-0.2, 0) is 11.2 Å². The summed E-state index contributed by atoms with van der Waals surface area (Å²) in [7, 11) is 0. The summed E-state index contributed by atoms with van der Waals surface area (Å²) in [5, 5.41) is 12.0. The highest BCUT2D eigenvalue weighted by atomic mass is 32.1. The second-order valence-electron chi connectivity index (χ2n) is 4.88. The Labute approximate surface area is 128 Å². The predicted molar refractivity (Wildman–Crippen MR) is 83.9 cm³/mol. The molecule has 0 bridgehead atoms. The molecule has 1 aromatic carbocycles. The Kier molecular flexibility index (Phi) is 5.27. The average molecular weight is 305 g/mol. The molecule has 0 fully saturated rings. The van der Waals surface area contributed by atoms with E-state index in [1.165, 1.54) is 11.3 Å². The van der Waals surface area contributed by atoms with Gasteiger partial charge in [-0.3, -0.25) is 10.1 Å². The summed E-state index contributed by atoms with van der Waals surface area (Å²) in [5.74, 6) is 0.862. The number of benzene rings is 1. The number of hydrogen-bond donors (Lipinski definition) is 1. The minimum Gasteiger partial charge on any atom is -0.483 e. The number of anilines is 1. The molecule has 1 heterocycles. The van der Waals surface area contributed by atoms with Crippen LogP contribution in [0.1, 0.15) is 37.3 Å². The highest BCUT2D eigenvalue weighted by molar-refractivity contribution is 7.15. The fraction of sp³-hybridized carbons (Fsp3) is 0.400. The van der Waals surface area contributed by atoms with Crippen molar-refractivity contribution in [3.05, 3.63) is 34.8 Å². The summed E-state index contributed by atoms with van der Waals surface area (Å²) in [6.45, 7) is 6.15. The molecule has 5 nitrogen and oxygen atoms in total. The maximum Gasteiger partial charge on any atom is 0.264 e.